The van der Waals surface area contributed by atoms with Gasteiger partial charge in [0, 0.05) is 23.7 Å². The number of rotatable bonds is 7. The first-order valence-corrected chi connectivity index (χ1v) is 10.3. The predicted molar refractivity (Wildman–Crippen MR) is 107 cm³/mol. The van der Waals surface area contributed by atoms with E-state index in [0.717, 1.165) is 35.0 Å². The Morgan fingerprint density at radius 3 is 3.04 bits per heavy atom. The Morgan fingerprint density at radius 2 is 2.27 bits per heavy atom. The summed E-state index contributed by atoms with van der Waals surface area (Å²) in [6.45, 7) is 1.38. The number of fused-ring (bicyclic) bond motifs is 1. The second-order valence-electron chi connectivity index (χ2n) is 6.13. The van der Waals surface area contributed by atoms with Crippen LogP contribution in [0.3, 0.4) is 0 Å². The van der Waals surface area contributed by atoms with Crippen LogP contribution in [-0.4, -0.2) is 25.2 Å². The molecule has 1 atom stereocenters. The van der Waals surface area contributed by atoms with Gasteiger partial charge in [0.1, 0.15) is 23.1 Å². The van der Waals surface area contributed by atoms with Crippen LogP contribution in [0.5, 0.6) is 11.5 Å². The van der Waals surface area contributed by atoms with Crippen LogP contribution in [0.4, 0.5) is 0 Å². The molecule has 1 aliphatic heterocycles. The van der Waals surface area contributed by atoms with Crippen LogP contribution in [0, 0.1) is 0 Å². The van der Waals surface area contributed by atoms with Crippen LogP contribution in [-0.2, 0) is 6.42 Å². The van der Waals surface area contributed by atoms with Gasteiger partial charge in [-0.05, 0) is 58.7 Å². The highest BCUT2D eigenvalue weighted by molar-refractivity contribution is 7.09. The maximum Gasteiger partial charge on any atom is 0.127 e. The predicted octanol–water partition coefficient (Wildman–Crippen LogP) is 4.56. The number of benzene rings is 1. The standard InChI is InChI=1S/C20H20N2O2S2/c1-23-17-2-3-19-16(10-17)8-15(12-24-19)11-22-18(20-21-5-7-26-20)9-14-4-6-25-13-14/h2-8,10,13,18,22H,9,11-12H2,1H3/t18-/m1/s1. The van der Waals surface area contributed by atoms with Crippen molar-refractivity contribution in [1.82, 2.24) is 10.3 Å². The van der Waals surface area contributed by atoms with Gasteiger partial charge in [-0.25, -0.2) is 4.98 Å². The Hall–Kier alpha value is -2.15. The van der Waals surface area contributed by atoms with E-state index in [1.54, 1.807) is 29.8 Å². The molecule has 0 saturated heterocycles. The fourth-order valence-electron chi connectivity index (χ4n) is 2.98. The minimum Gasteiger partial charge on any atom is -0.497 e. The lowest BCUT2D eigenvalue weighted by molar-refractivity contribution is 0.339. The molecule has 1 aromatic carbocycles. The first-order valence-electron chi connectivity index (χ1n) is 8.46. The molecule has 134 valence electrons. The number of hydrogen-bond donors (Lipinski definition) is 1. The van der Waals surface area contributed by atoms with E-state index < -0.39 is 0 Å². The number of ether oxygens (including phenoxy) is 2. The number of hydrogen-bond acceptors (Lipinski definition) is 6. The third-order valence-electron chi connectivity index (χ3n) is 4.33. The van der Waals surface area contributed by atoms with E-state index in [-0.39, 0.29) is 6.04 Å². The zero-order chi connectivity index (χ0) is 17.8. The number of nitrogens with zero attached hydrogens (tertiary/aromatic N) is 1. The van der Waals surface area contributed by atoms with Gasteiger partial charge < -0.3 is 14.8 Å². The van der Waals surface area contributed by atoms with Crippen molar-refractivity contribution in [3.05, 3.63) is 68.3 Å². The van der Waals surface area contributed by atoms with Crippen molar-refractivity contribution < 1.29 is 9.47 Å². The molecule has 3 heterocycles. The van der Waals surface area contributed by atoms with Crippen molar-refractivity contribution in [3.8, 4) is 11.5 Å². The molecule has 2 aromatic heterocycles. The third-order valence-corrected chi connectivity index (χ3v) is 5.96. The van der Waals surface area contributed by atoms with E-state index in [1.807, 2.05) is 29.8 Å². The van der Waals surface area contributed by atoms with Gasteiger partial charge in [0.15, 0.2) is 0 Å². The van der Waals surface area contributed by atoms with Gasteiger partial charge in [-0.3, -0.25) is 0 Å². The Balaban J connectivity index is 1.48. The van der Waals surface area contributed by atoms with Crippen LogP contribution >= 0.6 is 22.7 Å². The number of nitrogens with one attached hydrogen (secondary N) is 1. The highest BCUT2D eigenvalue weighted by Crippen LogP contribution is 2.30. The normalized spacial score (nSPS) is 14.3. The molecule has 1 aliphatic rings. The first kappa shape index (κ1) is 17.3. The second-order valence-corrected chi connectivity index (χ2v) is 7.84. The van der Waals surface area contributed by atoms with Crippen LogP contribution in [0.25, 0.3) is 6.08 Å². The minimum atomic E-state index is 0.206. The molecule has 1 N–H and O–H groups in total. The SMILES string of the molecule is COc1ccc2c(c1)C=C(CN[C@H](Cc1ccsc1)c1nccs1)CO2. The summed E-state index contributed by atoms with van der Waals surface area (Å²) in [4.78, 5) is 4.51. The lowest BCUT2D eigenvalue weighted by Gasteiger charge is -2.21. The molecule has 0 amide bonds. The van der Waals surface area contributed by atoms with Gasteiger partial charge in [-0.15, -0.1) is 11.3 Å². The summed E-state index contributed by atoms with van der Waals surface area (Å²) >= 11 is 3.43. The fourth-order valence-corrected chi connectivity index (χ4v) is 4.38. The largest absolute Gasteiger partial charge is 0.497 e. The van der Waals surface area contributed by atoms with Crippen LogP contribution in [0.2, 0.25) is 0 Å². The Labute approximate surface area is 161 Å². The van der Waals surface area contributed by atoms with Crippen molar-refractivity contribution in [2.75, 3.05) is 20.3 Å². The molecule has 0 radical (unpaired) electrons. The van der Waals surface area contributed by atoms with Crippen LogP contribution in [0.15, 0.2) is 52.2 Å². The van der Waals surface area contributed by atoms with E-state index in [4.69, 9.17) is 9.47 Å². The molecular weight excluding hydrogens is 364 g/mol. The van der Waals surface area contributed by atoms with Crippen LogP contribution < -0.4 is 14.8 Å². The lowest BCUT2D eigenvalue weighted by Crippen LogP contribution is -2.27. The molecule has 4 nitrogen and oxygen atoms in total. The average Bonchev–Trinajstić information content (AvgIpc) is 3.38. The van der Waals surface area contributed by atoms with Gasteiger partial charge >= 0.3 is 0 Å². The van der Waals surface area contributed by atoms with Gasteiger partial charge in [-0.2, -0.15) is 11.3 Å². The summed E-state index contributed by atoms with van der Waals surface area (Å²) < 4.78 is 11.2. The summed E-state index contributed by atoms with van der Waals surface area (Å²) in [5.41, 5.74) is 3.63. The van der Waals surface area contributed by atoms with E-state index in [2.05, 4.69) is 33.2 Å². The van der Waals surface area contributed by atoms with Gasteiger partial charge in [0.2, 0.25) is 0 Å². The molecule has 0 bridgehead atoms. The molecule has 0 unspecified atom stereocenters. The molecule has 0 spiro atoms. The number of methoxy groups -OCH3 is 1. The summed E-state index contributed by atoms with van der Waals surface area (Å²) in [7, 11) is 1.68. The Kier molecular flexibility index (Phi) is 5.34. The first-order chi connectivity index (χ1) is 12.8. The fraction of sp³-hybridized carbons (Fsp3) is 0.250. The minimum absolute atomic E-state index is 0.206. The molecule has 3 aromatic rings. The Bertz CT molecular complexity index is 873. The van der Waals surface area contributed by atoms with Crippen molar-refractivity contribution in [3.63, 3.8) is 0 Å². The van der Waals surface area contributed by atoms with Crippen molar-refractivity contribution in [2.45, 2.75) is 12.5 Å². The maximum atomic E-state index is 5.89. The number of thiophene rings is 1. The summed E-state index contributed by atoms with van der Waals surface area (Å²) in [5, 5.41) is 11.1. The molecule has 0 fully saturated rings. The molecule has 0 saturated carbocycles. The molecule has 4 rings (SSSR count). The van der Waals surface area contributed by atoms with Crippen molar-refractivity contribution in [1.29, 1.82) is 0 Å². The monoisotopic (exact) mass is 384 g/mol. The van der Waals surface area contributed by atoms with Crippen molar-refractivity contribution >= 4 is 28.7 Å². The average molecular weight is 385 g/mol. The number of aromatic nitrogens is 1. The van der Waals surface area contributed by atoms with E-state index in [1.165, 1.54) is 11.1 Å². The van der Waals surface area contributed by atoms with E-state index in [0.29, 0.717) is 6.61 Å². The molecule has 6 heteroatoms. The molecular formula is C20H20N2O2S2. The Morgan fingerprint density at radius 1 is 1.31 bits per heavy atom. The third kappa shape index (κ3) is 3.98. The highest BCUT2D eigenvalue weighted by Gasteiger charge is 2.17. The molecule has 0 aliphatic carbocycles. The summed E-state index contributed by atoms with van der Waals surface area (Å²) in [6.07, 6.45) is 5.00. The quantitative estimate of drug-likeness (QED) is 0.648. The smallest absolute Gasteiger partial charge is 0.127 e. The van der Waals surface area contributed by atoms with E-state index in [9.17, 15) is 0 Å². The van der Waals surface area contributed by atoms with E-state index >= 15 is 0 Å². The maximum absolute atomic E-state index is 5.89. The molecule has 26 heavy (non-hydrogen) atoms. The topological polar surface area (TPSA) is 43.4 Å². The highest BCUT2D eigenvalue weighted by atomic mass is 32.1. The van der Waals surface area contributed by atoms with Gasteiger partial charge in [0.05, 0.1) is 13.2 Å². The van der Waals surface area contributed by atoms with Gasteiger partial charge in [-0.1, -0.05) is 0 Å². The van der Waals surface area contributed by atoms with Gasteiger partial charge in [0.25, 0.3) is 0 Å². The summed E-state index contributed by atoms with van der Waals surface area (Å²) in [5.74, 6) is 1.75. The summed E-state index contributed by atoms with van der Waals surface area (Å²) in [6, 6.07) is 8.28. The van der Waals surface area contributed by atoms with Crippen molar-refractivity contribution in [2.24, 2.45) is 0 Å². The lowest BCUT2D eigenvalue weighted by atomic mass is 10.1. The van der Waals surface area contributed by atoms with Crippen LogP contribution in [0.1, 0.15) is 22.2 Å². The second kappa shape index (κ2) is 8.03. The zero-order valence-electron chi connectivity index (χ0n) is 14.5. The zero-order valence-corrected chi connectivity index (χ0v) is 16.1. The number of thiazole rings is 1.